The quantitative estimate of drug-likeness (QED) is 0.768. The average Bonchev–Trinajstić information content (AvgIpc) is 2.66. The highest BCUT2D eigenvalue weighted by atomic mass is 32.1. The molecule has 0 atom stereocenters. The van der Waals surface area contributed by atoms with E-state index in [1.807, 2.05) is 6.92 Å². The molecular weight excluding hydrogens is 206 g/mol. The van der Waals surface area contributed by atoms with Crippen molar-refractivity contribution in [2.75, 3.05) is 25.0 Å². The molecule has 0 unspecified atom stereocenters. The van der Waals surface area contributed by atoms with E-state index in [-0.39, 0.29) is 0 Å². The molecule has 4 heteroatoms. The molecule has 0 amide bonds. The highest BCUT2D eigenvalue weighted by Crippen LogP contribution is 2.15. The summed E-state index contributed by atoms with van der Waals surface area (Å²) in [6.07, 6.45) is 4.64. The largest absolute Gasteiger partial charge is 0.361 e. The number of nitrogens with one attached hydrogen (secondary N) is 2. The van der Waals surface area contributed by atoms with Gasteiger partial charge in [-0.05, 0) is 26.3 Å². The van der Waals surface area contributed by atoms with E-state index in [0.717, 1.165) is 36.9 Å². The van der Waals surface area contributed by atoms with Crippen LogP contribution in [0.2, 0.25) is 0 Å². The van der Waals surface area contributed by atoms with Crippen molar-refractivity contribution in [3.8, 4) is 0 Å². The third-order valence-corrected chi connectivity index (χ3v) is 3.42. The molecule has 0 saturated carbocycles. The topological polar surface area (TPSA) is 37.0 Å². The molecule has 1 aromatic heterocycles. The maximum Gasteiger partial charge on any atom is 0.182 e. The summed E-state index contributed by atoms with van der Waals surface area (Å²) in [7, 11) is 0. The van der Waals surface area contributed by atoms with Gasteiger partial charge in [0.05, 0.1) is 5.69 Å². The van der Waals surface area contributed by atoms with Crippen molar-refractivity contribution in [2.45, 2.75) is 19.8 Å². The van der Waals surface area contributed by atoms with E-state index in [2.05, 4.69) is 27.1 Å². The zero-order valence-electron chi connectivity index (χ0n) is 9.05. The van der Waals surface area contributed by atoms with Gasteiger partial charge in [0, 0.05) is 18.5 Å². The Balaban J connectivity index is 1.72. The Morgan fingerprint density at radius 2 is 2.53 bits per heavy atom. The number of anilines is 1. The molecule has 0 spiro atoms. The van der Waals surface area contributed by atoms with Crippen molar-refractivity contribution in [2.24, 2.45) is 0 Å². The SMILES string of the molecule is Cc1csc(NCCC2=CCNCC2)n1. The maximum absolute atomic E-state index is 4.37. The van der Waals surface area contributed by atoms with Crippen molar-refractivity contribution < 1.29 is 0 Å². The molecule has 0 saturated heterocycles. The van der Waals surface area contributed by atoms with Gasteiger partial charge in [-0.25, -0.2) is 4.98 Å². The van der Waals surface area contributed by atoms with Crippen molar-refractivity contribution in [1.82, 2.24) is 10.3 Å². The summed E-state index contributed by atoms with van der Waals surface area (Å²) in [5.74, 6) is 0. The van der Waals surface area contributed by atoms with Crippen LogP contribution in [0.4, 0.5) is 5.13 Å². The van der Waals surface area contributed by atoms with Crippen LogP contribution in [0.25, 0.3) is 0 Å². The lowest BCUT2D eigenvalue weighted by Crippen LogP contribution is -2.21. The first-order valence-electron chi connectivity index (χ1n) is 5.39. The highest BCUT2D eigenvalue weighted by molar-refractivity contribution is 7.13. The van der Waals surface area contributed by atoms with Gasteiger partial charge in [-0.1, -0.05) is 11.6 Å². The number of aryl methyl sites for hydroxylation is 1. The Kier molecular flexibility index (Phi) is 3.75. The first-order valence-corrected chi connectivity index (χ1v) is 6.27. The Morgan fingerprint density at radius 1 is 1.60 bits per heavy atom. The summed E-state index contributed by atoms with van der Waals surface area (Å²) in [6, 6.07) is 0. The number of rotatable bonds is 4. The number of aromatic nitrogens is 1. The van der Waals surface area contributed by atoms with Crippen LogP contribution in [0.1, 0.15) is 18.5 Å². The summed E-state index contributed by atoms with van der Waals surface area (Å²) in [5, 5.41) is 9.80. The van der Waals surface area contributed by atoms with Gasteiger partial charge in [0.25, 0.3) is 0 Å². The van der Waals surface area contributed by atoms with Crippen LogP contribution in [-0.4, -0.2) is 24.6 Å². The van der Waals surface area contributed by atoms with E-state index in [9.17, 15) is 0 Å². The Morgan fingerprint density at radius 3 is 3.20 bits per heavy atom. The van der Waals surface area contributed by atoms with Crippen molar-refractivity contribution in [1.29, 1.82) is 0 Å². The molecule has 1 aromatic rings. The zero-order valence-corrected chi connectivity index (χ0v) is 9.86. The smallest absolute Gasteiger partial charge is 0.182 e. The van der Waals surface area contributed by atoms with E-state index < -0.39 is 0 Å². The zero-order chi connectivity index (χ0) is 10.5. The predicted molar refractivity (Wildman–Crippen MR) is 65.5 cm³/mol. The van der Waals surface area contributed by atoms with Crippen molar-refractivity contribution >= 4 is 16.5 Å². The summed E-state index contributed by atoms with van der Waals surface area (Å²) < 4.78 is 0. The van der Waals surface area contributed by atoms with Crippen molar-refractivity contribution in [3.63, 3.8) is 0 Å². The van der Waals surface area contributed by atoms with Gasteiger partial charge in [-0.3, -0.25) is 0 Å². The molecule has 1 aliphatic rings. The molecule has 0 aromatic carbocycles. The highest BCUT2D eigenvalue weighted by Gasteiger charge is 2.03. The predicted octanol–water partition coefficient (Wildman–Crippen LogP) is 2.17. The summed E-state index contributed by atoms with van der Waals surface area (Å²) in [5.41, 5.74) is 2.66. The van der Waals surface area contributed by atoms with Crippen LogP contribution in [0.5, 0.6) is 0 Å². The van der Waals surface area contributed by atoms with E-state index in [0.29, 0.717) is 0 Å². The molecule has 0 fully saturated rings. The van der Waals surface area contributed by atoms with Gasteiger partial charge in [-0.15, -0.1) is 11.3 Å². The number of thiazole rings is 1. The van der Waals surface area contributed by atoms with Crippen LogP contribution in [0.3, 0.4) is 0 Å². The number of hydrogen-bond donors (Lipinski definition) is 2. The average molecular weight is 223 g/mol. The van der Waals surface area contributed by atoms with Gasteiger partial charge < -0.3 is 10.6 Å². The molecule has 0 radical (unpaired) electrons. The van der Waals surface area contributed by atoms with Crippen LogP contribution in [-0.2, 0) is 0 Å². The van der Waals surface area contributed by atoms with Gasteiger partial charge in [-0.2, -0.15) is 0 Å². The lowest BCUT2D eigenvalue weighted by Gasteiger charge is -2.13. The standard InChI is InChI=1S/C11H17N3S/c1-9-8-15-11(14-9)13-7-4-10-2-5-12-6-3-10/h2,8,12H,3-7H2,1H3,(H,13,14). The minimum absolute atomic E-state index is 0.999. The fourth-order valence-corrected chi connectivity index (χ4v) is 2.38. The van der Waals surface area contributed by atoms with Crippen LogP contribution in [0.15, 0.2) is 17.0 Å². The molecule has 0 aliphatic carbocycles. The normalized spacial score (nSPS) is 16.2. The second-order valence-electron chi connectivity index (χ2n) is 3.79. The first-order chi connectivity index (χ1) is 7.34. The third-order valence-electron chi connectivity index (χ3n) is 2.50. The van der Waals surface area contributed by atoms with E-state index in [1.54, 1.807) is 16.9 Å². The molecule has 2 N–H and O–H groups in total. The Hall–Kier alpha value is -0.870. The molecule has 2 rings (SSSR count). The maximum atomic E-state index is 4.37. The summed E-state index contributed by atoms with van der Waals surface area (Å²) in [6.45, 7) is 5.18. The van der Waals surface area contributed by atoms with E-state index in [4.69, 9.17) is 0 Å². The molecule has 3 nitrogen and oxygen atoms in total. The monoisotopic (exact) mass is 223 g/mol. The van der Waals surface area contributed by atoms with Crippen LogP contribution in [0, 0.1) is 6.92 Å². The molecule has 82 valence electrons. The third kappa shape index (κ3) is 3.32. The summed E-state index contributed by atoms with van der Waals surface area (Å²) in [4.78, 5) is 4.37. The van der Waals surface area contributed by atoms with Gasteiger partial charge in [0.2, 0.25) is 0 Å². The lowest BCUT2D eigenvalue weighted by molar-refractivity contribution is 0.683. The molecule has 2 heterocycles. The van der Waals surface area contributed by atoms with Crippen LogP contribution >= 0.6 is 11.3 Å². The summed E-state index contributed by atoms with van der Waals surface area (Å²) >= 11 is 1.68. The second-order valence-corrected chi connectivity index (χ2v) is 4.65. The molecule has 0 bridgehead atoms. The minimum Gasteiger partial charge on any atom is -0.361 e. The lowest BCUT2D eigenvalue weighted by atomic mass is 10.1. The van der Waals surface area contributed by atoms with E-state index in [1.165, 1.54) is 6.42 Å². The van der Waals surface area contributed by atoms with Gasteiger partial charge in [0.15, 0.2) is 5.13 Å². The van der Waals surface area contributed by atoms with Crippen molar-refractivity contribution in [3.05, 3.63) is 22.7 Å². The molecular formula is C11H17N3S. The fourth-order valence-electron chi connectivity index (χ4n) is 1.66. The second kappa shape index (κ2) is 5.28. The van der Waals surface area contributed by atoms with E-state index >= 15 is 0 Å². The molecule has 1 aliphatic heterocycles. The Labute approximate surface area is 94.6 Å². The first kappa shape index (κ1) is 10.6. The number of hydrogen-bond acceptors (Lipinski definition) is 4. The van der Waals surface area contributed by atoms with Gasteiger partial charge in [0.1, 0.15) is 0 Å². The number of nitrogens with zero attached hydrogens (tertiary/aromatic N) is 1. The minimum atomic E-state index is 0.999. The Bertz CT molecular complexity index is 343. The fraction of sp³-hybridized carbons (Fsp3) is 0.545. The molecule has 15 heavy (non-hydrogen) atoms. The van der Waals surface area contributed by atoms with Crippen LogP contribution < -0.4 is 10.6 Å². The van der Waals surface area contributed by atoms with Gasteiger partial charge >= 0.3 is 0 Å².